The van der Waals surface area contributed by atoms with Crippen LogP contribution in [-0.2, 0) is 6.67 Å². The van der Waals surface area contributed by atoms with E-state index in [1.807, 2.05) is 4.68 Å². The second-order valence-electron chi connectivity index (χ2n) is 6.99. The van der Waals surface area contributed by atoms with Gasteiger partial charge in [0.05, 0.1) is 6.67 Å². The Bertz CT molecular complexity index is 739. The normalized spacial score (nSPS) is 18.4. The summed E-state index contributed by atoms with van der Waals surface area (Å²) in [4.78, 5) is 2.65. The fourth-order valence-corrected chi connectivity index (χ4v) is 4.55. The third-order valence-electron chi connectivity index (χ3n) is 5.02. The average Bonchev–Trinajstić information content (AvgIpc) is 3.14. The molecule has 0 saturated heterocycles. The topological polar surface area (TPSA) is 33.1 Å². The van der Waals surface area contributed by atoms with Gasteiger partial charge in [0.2, 0.25) is 5.13 Å². The molecule has 4 rings (SSSR count). The molecular weight excluding hydrogens is 336 g/mol. The van der Waals surface area contributed by atoms with Crippen LogP contribution in [-0.4, -0.2) is 26.8 Å². The number of nitrogens with one attached hydrogen (secondary N) is 1. The van der Waals surface area contributed by atoms with E-state index in [1.165, 1.54) is 44.1 Å². The van der Waals surface area contributed by atoms with Crippen molar-refractivity contribution in [2.45, 2.75) is 64.2 Å². The minimum absolute atomic E-state index is 0.731. The predicted octanol–water partition coefficient (Wildman–Crippen LogP) is 5.09. The molecule has 1 aromatic carbocycles. The monoisotopic (exact) mass is 360 g/mol. The van der Waals surface area contributed by atoms with Gasteiger partial charge in [0.25, 0.3) is 0 Å². The largest absolute Gasteiger partial charge is 0.330 e. The van der Waals surface area contributed by atoms with Crippen molar-refractivity contribution in [3.63, 3.8) is 0 Å². The summed E-state index contributed by atoms with van der Waals surface area (Å²) in [7, 11) is 0. The SMILES string of the molecule is Cc1ccc(Nc2nn(CN(C3CCCC3)C3CC3)c(=S)s2)cc1. The lowest BCUT2D eigenvalue weighted by atomic mass is 10.2. The molecule has 1 N–H and O–H groups in total. The van der Waals surface area contributed by atoms with Crippen LogP contribution < -0.4 is 5.32 Å². The Balaban J connectivity index is 1.48. The highest BCUT2D eigenvalue weighted by Gasteiger charge is 2.35. The van der Waals surface area contributed by atoms with E-state index in [9.17, 15) is 0 Å². The maximum atomic E-state index is 5.56. The van der Waals surface area contributed by atoms with Crippen LogP contribution in [0.4, 0.5) is 10.8 Å². The van der Waals surface area contributed by atoms with E-state index < -0.39 is 0 Å². The molecule has 2 aromatic rings. The first-order valence-electron chi connectivity index (χ1n) is 8.86. The molecule has 0 radical (unpaired) electrons. The molecule has 2 saturated carbocycles. The number of benzene rings is 1. The molecule has 0 aliphatic heterocycles. The van der Waals surface area contributed by atoms with Gasteiger partial charge in [-0.25, -0.2) is 4.68 Å². The number of anilines is 2. The second kappa shape index (κ2) is 6.94. The summed E-state index contributed by atoms with van der Waals surface area (Å²) in [6, 6.07) is 9.86. The van der Waals surface area contributed by atoms with E-state index in [0.29, 0.717) is 0 Å². The molecule has 0 bridgehead atoms. The molecule has 24 heavy (non-hydrogen) atoms. The third kappa shape index (κ3) is 3.71. The van der Waals surface area contributed by atoms with Gasteiger partial charge >= 0.3 is 0 Å². The first-order valence-corrected chi connectivity index (χ1v) is 10.1. The van der Waals surface area contributed by atoms with Gasteiger partial charge in [-0.15, -0.1) is 5.10 Å². The van der Waals surface area contributed by atoms with Crippen LogP contribution in [0.2, 0.25) is 0 Å². The molecule has 128 valence electrons. The van der Waals surface area contributed by atoms with Gasteiger partial charge in [0.15, 0.2) is 3.95 Å². The van der Waals surface area contributed by atoms with Crippen LogP contribution in [0.1, 0.15) is 44.1 Å². The van der Waals surface area contributed by atoms with Gasteiger partial charge in [-0.3, -0.25) is 4.90 Å². The first kappa shape index (κ1) is 16.2. The fourth-order valence-electron chi connectivity index (χ4n) is 3.53. The predicted molar refractivity (Wildman–Crippen MR) is 103 cm³/mol. The van der Waals surface area contributed by atoms with Gasteiger partial charge in [-0.05, 0) is 57.0 Å². The molecule has 1 aromatic heterocycles. The Hall–Kier alpha value is -1.24. The summed E-state index contributed by atoms with van der Waals surface area (Å²) in [6.45, 7) is 2.94. The number of nitrogens with zero attached hydrogens (tertiary/aromatic N) is 3. The highest BCUT2D eigenvalue weighted by Crippen LogP contribution is 2.35. The molecule has 1 heterocycles. The van der Waals surface area contributed by atoms with Crippen LogP contribution in [0, 0.1) is 10.9 Å². The lowest BCUT2D eigenvalue weighted by Gasteiger charge is -2.28. The lowest BCUT2D eigenvalue weighted by Crippen LogP contribution is -2.37. The van der Waals surface area contributed by atoms with E-state index in [0.717, 1.165) is 33.5 Å². The lowest BCUT2D eigenvalue weighted by molar-refractivity contribution is 0.135. The molecule has 0 atom stereocenters. The quantitative estimate of drug-likeness (QED) is 0.727. The minimum Gasteiger partial charge on any atom is -0.330 e. The van der Waals surface area contributed by atoms with Crippen molar-refractivity contribution in [2.24, 2.45) is 0 Å². The maximum Gasteiger partial charge on any atom is 0.209 e. The van der Waals surface area contributed by atoms with Crippen molar-refractivity contribution in [1.29, 1.82) is 0 Å². The zero-order chi connectivity index (χ0) is 16.5. The second-order valence-corrected chi connectivity index (χ2v) is 8.61. The summed E-state index contributed by atoms with van der Waals surface area (Å²) >= 11 is 7.12. The summed E-state index contributed by atoms with van der Waals surface area (Å²) in [5, 5.41) is 8.99. The Morgan fingerprint density at radius 3 is 2.50 bits per heavy atom. The van der Waals surface area contributed by atoms with Crippen molar-refractivity contribution >= 4 is 34.4 Å². The van der Waals surface area contributed by atoms with Gasteiger partial charge < -0.3 is 5.32 Å². The van der Waals surface area contributed by atoms with Crippen LogP contribution in [0.25, 0.3) is 0 Å². The third-order valence-corrected chi connectivity index (χ3v) is 6.24. The van der Waals surface area contributed by atoms with E-state index >= 15 is 0 Å². The highest BCUT2D eigenvalue weighted by atomic mass is 32.1. The average molecular weight is 361 g/mol. The smallest absolute Gasteiger partial charge is 0.209 e. The molecule has 0 amide bonds. The summed E-state index contributed by atoms with van der Waals surface area (Å²) in [5.74, 6) is 0. The molecule has 0 unspecified atom stereocenters. The summed E-state index contributed by atoms with van der Waals surface area (Å²) in [6.07, 6.45) is 8.09. The summed E-state index contributed by atoms with van der Waals surface area (Å²) in [5.41, 5.74) is 2.32. The van der Waals surface area contributed by atoms with Crippen LogP contribution in [0.3, 0.4) is 0 Å². The van der Waals surface area contributed by atoms with Crippen molar-refractivity contribution in [2.75, 3.05) is 5.32 Å². The molecular formula is C18H24N4S2. The van der Waals surface area contributed by atoms with E-state index in [-0.39, 0.29) is 0 Å². The van der Waals surface area contributed by atoms with E-state index in [1.54, 1.807) is 11.3 Å². The van der Waals surface area contributed by atoms with Gasteiger partial charge in [0, 0.05) is 17.8 Å². The van der Waals surface area contributed by atoms with Crippen molar-refractivity contribution in [3.8, 4) is 0 Å². The van der Waals surface area contributed by atoms with E-state index in [2.05, 4.69) is 41.4 Å². The van der Waals surface area contributed by atoms with Crippen LogP contribution >= 0.6 is 23.6 Å². The van der Waals surface area contributed by atoms with E-state index in [4.69, 9.17) is 17.3 Å². The molecule has 2 aliphatic carbocycles. The molecule has 4 nitrogen and oxygen atoms in total. The minimum atomic E-state index is 0.731. The Labute approximate surface area is 152 Å². The number of aryl methyl sites for hydroxylation is 1. The Morgan fingerprint density at radius 2 is 1.83 bits per heavy atom. The first-order chi connectivity index (χ1) is 11.7. The van der Waals surface area contributed by atoms with Crippen molar-refractivity contribution in [1.82, 2.24) is 14.7 Å². The highest BCUT2D eigenvalue weighted by molar-refractivity contribution is 7.73. The molecule has 6 heteroatoms. The zero-order valence-electron chi connectivity index (χ0n) is 14.1. The van der Waals surface area contributed by atoms with Crippen molar-refractivity contribution < 1.29 is 0 Å². The molecule has 0 spiro atoms. The van der Waals surface area contributed by atoms with Gasteiger partial charge in [-0.2, -0.15) is 0 Å². The van der Waals surface area contributed by atoms with Crippen molar-refractivity contribution in [3.05, 3.63) is 33.8 Å². The number of hydrogen-bond donors (Lipinski definition) is 1. The molecule has 2 aliphatic rings. The number of aromatic nitrogens is 2. The van der Waals surface area contributed by atoms with Crippen LogP contribution in [0.15, 0.2) is 24.3 Å². The fraction of sp³-hybridized carbons (Fsp3) is 0.556. The van der Waals surface area contributed by atoms with Gasteiger partial charge in [0.1, 0.15) is 0 Å². The van der Waals surface area contributed by atoms with Gasteiger partial charge in [-0.1, -0.05) is 41.9 Å². The Kier molecular flexibility index (Phi) is 4.70. The summed E-state index contributed by atoms with van der Waals surface area (Å²) < 4.78 is 2.86. The zero-order valence-corrected chi connectivity index (χ0v) is 15.7. The molecule has 2 fully saturated rings. The van der Waals surface area contributed by atoms with Crippen LogP contribution in [0.5, 0.6) is 0 Å². The number of hydrogen-bond acceptors (Lipinski definition) is 5. The number of rotatable bonds is 6. The Morgan fingerprint density at radius 1 is 1.17 bits per heavy atom. The maximum absolute atomic E-state index is 5.56. The standard InChI is InChI=1S/C18H24N4S2/c1-13-6-8-14(9-7-13)19-17-20-22(18(23)24-17)12-21(16-10-11-16)15-4-2-3-5-15/h6-9,15-16H,2-5,10-12H2,1H3,(H,19,20).